The predicted molar refractivity (Wildman–Crippen MR) is 150 cm³/mol. The molecular formula is C29H24F3N3O5S2. The number of hydrogen-bond donors (Lipinski definition) is 0. The summed E-state index contributed by atoms with van der Waals surface area (Å²) in [5.41, 5.74) is 2.79. The monoisotopic (exact) mass is 615 g/mol. The number of hydrogen-bond acceptors (Lipinski definition) is 7. The zero-order chi connectivity index (χ0) is 30.2. The van der Waals surface area contributed by atoms with Crippen molar-refractivity contribution in [2.45, 2.75) is 29.4 Å². The fraction of sp³-hybridized carbons (Fsp3) is 0.172. The van der Waals surface area contributed by atoms with Crippen LogP contribution in [-0.2, 0) is 32.5 Å². The molecule has 2 aromatic carbocycles. The summed E-state index contributed by atoms with van der Waals surface area (Å²) >= 11 is 0. The molecule has 0 amide bonds. The number of benzene rings is 2. The van der Waals surface area contributed by atoms with Crippen molar-refractivity contribution in [3.8, 4) is 16.9 Å². The van der Waals surface area contributed by atoms with Gasteiger partial charge in [-0.2, -0.15) is 8.78 Å². The van der Waals surface area contributed by atoms with Crippen LogP contribution in [0.4, 0.5) is 13.2 Å². The Labute approximate surface area is 240 Å². The van der Waals surface area contributed by atoms with Gasteiger partial charge in [0.1, 0.15) is 17.2 Å². The van der Waals surface area contributed by atoms with E-state index in [2.05, 4.69) is 9.97 Å². The number of pyridine rings is 2. The topological polar surface area (TPSA) is 108 Å². The molecule has 3 aromatic heterocycles. The molecule has 8 nitrogen and oxygen atoms in total. The number of nitrogens with zero attached hydrogens (tertiary/aromatic N) is 3. The van der Waals surface area contributed by atoms with E-state index in [9.17, 15) is 25.6 Å². The number of ether oxygens (including phenoxy) is 1. The van der Waals surface area contributed by atoms with Crippen molar-refractivity contribution in [1.29, 1.82) is 0 Å². The largest absolute Gasteiger partial charge is 0.435 e. The minimum Gasteiger partial charge on any atom is -0.435 e. The first-order chi connectivity index (χ1) is 19.8. The molecule has 0 aliphatic carbocycles. The van der Waals surface area contributed by atoms with Crippen LogP contribution < -0.4 is 4.74 Å². The minimum absolute atomic E-state index is 0.0321. The fourth-order valence-corrected chi connectivity index (χ4v) is 5.83. The molecule has 218 valence electrons. The van der Waals surface area contributed by atoms with Gasteiger partial charge in [0.15, 0.2) is 24.7 Å². The molecule has 0 saturated heterocycles. The molecule has 0 spiro atoms. The maximum Gasteiger partial charge on any atom is 0.387 e. The molecule has 13 heteroatoms. The maximum atomic E-state index is 15.4. The fourth-order valence-electron chi connectivity index (χ4n) is 4.58. The first-order valence-electron chi connectivity index (χ1n) is 12.5. The van der Waals surface area contributed by atoms with Gasteiger partial charge in [-0.1, -0.05) is 30.3 Å². The van der Waals surface area contributed by atoms with Crippen molar-refractivity contribution in [1.82, 2.24) is 14.4 Å². The lowest BCUT2D eigenvalue weighted by Crippen LogP contribution is -2.07. The number of rotatable bonds is 9. The van der Waals surface area contributed by atoms with E-state index in [1.54, 1.807) is 28.7 Å². The van der Waals surface area contributed by atoms with E-state index < -0.39 is 32.1 Å². The third kappa shape index (κ3) is 6.31. The van der Waals surface area contributed by atoms with Crippen LogP contribution in [0.15, 0.2) is 89.0 Å². The summed E-state index contributed by atoms with van der Waals surface area (Å²) in [6, 6.07) is 16.3. The van der Waals surface area contributed by atoms with Crippen molar-refractivity contribution in [3.05, 3.63) is 107 Å². The van der Waals surface area contributed by atoms with Crippen molar-refractivity contribution >= 4 is 25.3 Å². The number of sulfone groups is 2. The average molecular weight is 616 g/mol. The number of alkyl halides is 2. The molecule has 0 aliphatic rings. The van der Waals surface area contributed by atoms with Gasteiger partial charge < -0.3 is 9.14 Å². The van der Waals surface area contributed by atoms with E-state index in [4.69, 9.17) is 4.74 Å². The number of para-hydroxylation sites is 1. The van der Waals surface area contributed by atoms with Crippen molar-refractivity contribution in [2.24, 2.45) is 0 Å². The van der Waals surface area contributed by atoms with Crippen molar-refractivity contribution in [3.63, 3.8) is 0 Å². The predicted octanol–water partition coefficient (Wildman–Crippen LogP) is 5.13. The Hall–Kier alpha value is -4.23. The first-order valence-corrected chi connectivity index (χ1v) is 16.3. The lowest BCUT2D eigenvalue weighted by molar-refractivity contribution is -0.0504. The molecule has 0 bridgehead atoms. The summed E-state index contributed by atoms with van der Waals surface area (Å²) in [5, 5.41) is -0.119. The van der Waals surface area contributed by atoms with Gasteiger partial charge in [-0.25, -0.2) is 31.2 Å². The number of imidazole rings is 1. The second kappa shape index (κ2) is 11.2. The maximum absolute atomic E-state index is 15.4. The van der Waals surface area contributed by atoms with E-state index in [0.29, 0.717) is 28.1 Å². The Morgan fingerprint density at radius 2 is 1.62 bits per heavy atom. The zero-order valence-electron chi connectivity index (χ0n) is 22.3. The van der Waals surface area contributed by atoms with Crippen molar-refractivity contribution in [2.75, 3.05) is 12.5 Å². The third-order valence-corrected chi connectivity index (χ3v) is 8.69. The second-order valence-electron chi connectivity index (χ2n) is 9.68. The van der Waals surface area contributed by atoms with E-state index in [1.165, 1.54) is 54.9 Å². The van der Waals surface area contributed by atoms with Crippen LogP contribution in [-0.4, -0.2) is 50.3 Å². The van der Waals surface area contributed by atoms with E-state index in [1.807, 2.05) is 0 Å². The summed E-state index contributed by atoms with van der Waals surface area (Å²) in [6.07, 6.45) is 5.21. The standard InChI is InChI=1S/C29H24F3N3O5S2/c1-41(36,37)21-9-7-19(8-10-21)22-17-35-25(15-20-5-3-4-6-26(20)40-29(31)32)24(34-27(35)16-23(22)30)13-18-11-12-33-28(14-18)42(2,38)39/h3-12,14,16-17,29H,13,15H2,1-2H3. The Balaban J connectivity index is 1.66. The molecule has 42 heavy (non-hydrogen) atoms. The molecule has 0 saturated carbocycles. The number of aromatic nitrogens is 3. The first kappa shape index (κ1) is 29.3. The van der Waals surface area contributed by atoms with Crippen LogP contribution in [0, 0.1) is 5.82 Å². The highest BCUT2D eigenvalue weighted by atomic mass is 32.2. The molecule has 0 N–H and O–H groups in total. The highest BCUT2D eigenvalue weighted by Gasteiger charge is 2.20. The van der Waals surface area contributed by atoms with Gasteiger partial charge in [0.25, 0.3) is 0 Å². The molecular weight excluding hydrogens is 591 g/mol. The summed E-state index contributed by atoms with van der Waals surface area (Å²) in [4.78, 5) is 8.61. The number of halogens is 3. The molecule has 0 atom stereocenters. The summed E-state index contributed by atoms with van der Waals surface area (Å²) in [5.74, 6) is -0.641. The van der Waals surface area contributed by atoms with Crippen LogP contribution >= 0.6 is 0 Å². The van der Waals surface area contributed by atoms with E-state index in [-0.39, 0.29) is 39.7 Å². The summed E-state index contributed by atoms with van der Waals surface area (Å²) < 4.78 is 95.9. The van der Waals surface area contributed by atoms with Gasteiger partial charge >= 0.3 is 6.61 Å². The van der Waals surface area contributed by atoms with Crippen LogP contribution in [0.3, 0.4) is 0 Å². The van der Waals surface area contributed by atoms with Crippen LogP contribution in [0.1, 0.15) is 22.5 Å². The smallest absolute Gasteiger partial charge is 0.387 e. The van der Waals surface area contributed by atoms with Gasteiger partial charge in [0, 0.05) is 54.9 Å². The quantitative estimate of drug-likeness (QED) is 0.226. The Morgan fingerprint density at radius 1 is 0.905 bits per heavy atom. The average Bonchev–Trinajstić information content (AvgIpc) is 3.23. The molecule has 3 heterocycles. The lowest BCUT2D eigenvalue weighted by Gasteiger charge is -2.13. The molecule has 0 fully saturated rings. The van der Waals surface area contributed by atoms with E-state index in [0.717, 1.165) is 12.5 Å². The molecule has 0 aliphatic heterocycles. The third-order valence-electron chi connectivity index (χ3n) is 6.58. The molecule has 5 aromatic rings. The van der Waals surface area contributed by atoms with Gasteiger partial charge in [-0.05, 0) is 41.5 Å². The summed E-state index contributed by atoms with van der Waals surface area (Å²) in [7, 11) is -7.04. The van der Waals surface area contributed by atoms with Crippen LogP contribution in [0.5, 0.6) is 5.75 Å². The highest BCUT2D eigenvalue weighted by molar-refractivity contribution is 7.91. The Bertz CT molecular complexity index is 2010. The van der Waals surface area contributed by atoms with Crippen LogP contribution in [0.25, 0.3) is 16.8 Å². The SMILES string of the molecule is CS(=O)(=O)c1ccc(-c2cn3c(Cc4ccccc4OC(F)F)c(Cc4ccnc(S(C)(=O)=O)c4)nc3cc2F)cc1. The van der Waals surface area contributed by atoms with E-state index >= 15 is 4.39 Å². The van der Waals surface area contributed by atoms with Gasteiger partial charge in [0.05, 0.1) is 16.3 Å². The minimum atomic E-state index is -3.58. The lowest BCUT2D eigenvalue weighted by atomic mass is 10.0. The Morgan fingerprint density at radius 3 is 2.29 bits per heavy atom. The van der Waals surface area contributed by atoms with Crippen LogP contribution in [0.2, 0.25) is 0 Å². The van der Waals surface area contributed by atoms with Gasteiger partial charge in [-0.3, -0.25) is 0 Å². The van der Waals surface area contributed by atoms with Gasteiger partial charge in [0.2, 0.25) is 0 Å². The Kier molecular flexibility index (Phi) is 7.82. The molecule has 0 unspecified atom stereocenters. The molecule has 0 radical (unpaired) electrons. The van der Waals surface area contributed by atoms with Crippen molar-refractivity contribution < 1.29 is 34.7 Å². The number of fused-ring (bicyclic) bond motifs is 1. The second-order valence-corrected chi connectivity index (χ2v) is 13.7. The normalized spacial score (nSPS) is 12.2. The highest BCUT2D eigenvalue weighted by Crippen LogP contribution is 2.30. The zero-order valence-corrected chi connectivity index (χ0v) is 24.0. The van der Waals surface area contributed by atoms with Gasteiger partial charge in [-0.15, -0.1) is 0 Å². The summed E-state index contributed by atoms with van der Waals surface area (Å²) in [6.45, 7) is -3.05. The molecule has 5 rings (SSSR count).